The third-order valence-corrected chi connectivity index (χ3v) is 6.97. The minimum absolute atomic E-state index is 0.0714. The van der Waals surface area contributed by atoms with Crippen molar-refractivity contribution in [3.63, 3.8) is 0 Å². The van der Waals surface area contributed by atoms with Gasteiger partial charge in [-0.1, -0.05) is 37.3 Å². The molecule has 36 heavy (non-hydrogen) atoms. The lowest BCUT2D eigenvalue weighted by Gasteiger charge is -2.40. The Hall–Kier alpha value is -2.85. The summed E-state index contributed by atoms with van der Waals surface area (Å²) in [5.74, 6) is -0.473. The largest absolute Gasteiger partial charge is 0.390 e. The molecule has 0 aliphatic carbocycles. The van der Waals surface area contributed by atoms with Crippen molar-refractivity contribution in [3.05, 3.63) is 58.9 Å². The zero-order valence-corrected chi connectivity index (χ0v) is 20.7. The second-order valence-corrected chi connectivity index (χ2v) is 9.45. The zero-order chi connectivity index (χ0) is 25.9. The van der Waals surface area contributed by atoms with Crippen molar-refractivity contribution in [2.75, 3.05) is 32.8 Å². The molecule has 4 rings (SSSR count). The number of hydrogen-bond donors (Lipinski definition) is 1. The van der Waals surface area contributed by atoms with E-state index in [1.165, 1.54) is 0 Å². The average Bonchev–Trinajstić information content (AvgIpc) is 3.25. The van der Waals surface area contributed by atoms with Crippen LogP contribution in [0.2, 0.25) is 0 Å². The van der Waals surface area contributed by atoms with Crippen molar-refractivity contribution < 1.29 is 27.5 Å². The number of nitrogens with zero attached hydrogens (tertiary/aromatic N) is 3. The van der Waals surface area contributed by atoms with Crippen LogP contribution >= 0.6 is 0 Å². The number of rotatable bonds is 7. The molecule has 1 N–H and O–H groups in total. The third-order valence-electron chi connectivity index (χ3n) is 6.97. The number of benzene rings is 1. The maximum atomic E-state index is 13.6. The first-order chi connectivity index (χ1) is 17.2. The van der Waals surface area contributed by atoms with Crippen LogP contribution in [0.5, 0.6) is 0 Å². The van der Waals surface area contributed by atoms with Crippen LogP contribution in [-0.2, 0) is 17.9 Å². The molecule has 0 bridgehead atoms. The molecule has 1 saturated heterocycles. The Morgan fingerprint density at radius 2 is 1.92 bits per heavy atom. The lowest BCUT2D eigenvalue weighted by atomic mass is 10.0. The summed E-state index contributed by atoms with van der Waals surface area (Å²) in [6, 6.07) is 11.0. The highest BCUT2D eigenvalue weighted by Gasteiger charge is 2.34. The van der Waals surface area contributed by atoms with Gasteiger partial charge in [0.25, 0.3) is 11.8 Å². The second-order valence-electron chi connectivity index (χ2n) is 9.45. The fraction of sp³-hybridized carbons (Fsp3) is 0.538. The zero-order valence-electron chi connectivity index (χ0n) is 20.7. The van der Waals surface area contributed by atoms with E-state index in [0.29, 0.717) is 56.2 Å². The monoisotopic (exact) mass is 506 g/mol. The molecule has 3 heterocycles. The van der Waals surface area contributed by atoms with Crippen molar-refractivity contribution in [3.8, 4) is 0 Å². The van der Waals surface area contributed by atoms with Crippen LogP contribution in [0.15, 0.2) is 36.4 Å². The lowest BCUT2D eigenvalue weighted by molar-refractivity contribution is -0.139. The summed E-state index contributed by atoms with van der Waals surface area (Å²) in [6.07, 6.45) is -4.35. The summed E-state index contributed by atoms with van der Waals surface area (Å²) in [6.45, 7) is 6.00. The van der Waals surface area contributed by atoms with Crippen molar-refractivity contribution in [1.82, 2.24) is 19.7 Å². The summed E-state index contributed by atoms with van der Waals surface area (Å²) in [5, 5.41) is 3.09. The number of hydrogen-bond acceptors (Lipinski definition) is 4. The predicted molar refractivity (Wildman–Crippen MR) is 129 cm³/mol. The summed E-state index contributed by atoms with van der Waals surface area (Å²) in [4.78, 5) is 30.3. The molecular formula is C26H33F3N4O3. The number of alkyl halides is 3. The quantitative estimate of drug-likeness (QED) is 0.617. The Balaban J connectivity index is 1.51. The Morgan fingerprint density at radius 3 is 2.58 bits per heavy atom. The van der Waals surface area contributed by atoms with Crippen molar-refractivity contribution >= 4 is 11.8 Å². The number of halogens is 3. The minimum atomic E-state index is -4.20. The molecule has 0 saturated carbocycles. The van der Waals surface area contributed by atoms with E-state index >= 15 is 0 Å². The molecule has 196 valence electrons. The van der Waals surface area contributed by atoms with Crippen molar-refractivity contribution in [2.24, 2.45) is 0 Å². The number of piperazine rings is 1. The molecule has 1 fully saturated rings. The number of carbonyl (C=O) groups is 2. The topological polar surface area (TPSA) is 66.8 Å². The minimum Gasteiger partial charge on any atom is -0.373 e. The molecule has 2 amide bonds. The lowest BCUT2D eigenvalue weighted by Crippen LogP contribution is -2.54. The van der Waals surface area contributed by atoms with E-state index in [0.717, 1.165) is 5.56 Å². The molecule has 10 heteroatoms. The van der Waals surface area contributed by atoms with Gasteiger partial charge in [-0.05, 0) is 25.0 Å². The van der Waals surface area contributed by atoms with Crippen LogP contribution < -0.4 is 5.32 Å². The van der Waals surface area contributed by atoms with Gasteiger partial charge >= 0.3 is 6.18 Å². The van der Waals surface area contributed by atoms with E-state index in [2.05, 4.69) is 5.32 Å². The molecule has 2 aliphatic rings. The van der Waals surface area contributed by atoms with Gasteiger partial charge in [-0.2, -0.15) is 13.2 Å². The highest BCUT2D eigenvalue weighted by atomic mass is 19.4. The Labute approximate surface area is 209 Å². The summed E-state index contributed by atoms with van der Waals surface area (Å²) < 4.78 is 45.3. The summed E-state index contributed by atoms with van der Waals surface area (Å²) in [7, 11) is 0. The SMILES string of the molecule is CCC(NC(=O)c1cc(C(=O)N2CCN(CCC(F)(F)F)CC2C)n2c1COCC2)c1ccccc1. The van der Waals surface area contributed by atoms with Crippen LogP contribution in [0.4, 0.5) is 13.2 Å². The number of amides is 2. The number of ether oxygens (including phenoxy) is 1. The van der Waals surface area contributed by atoms with Gasteiger partial charge in [0, 0.05) is 38.8 Å². The Kier molecular flexibility index (Phi) is 8.04. The second kappa shape index (κ2) is 11.0. The standard InChI is InChI=1S/C26H33F3N4O3/c1-3-21(19-7-5-4-6-8-19)30-24(34)20-15-22(33-13-14-36-17-23(20)33)25(35)32-12-11-31(16-18(32)2)10-9-26(27,28)29/h4-8,15,18,21H,3,9-14,16-17H2,1-2H3,(H,30,34). The summed E-state index contributed by atoms with van der Waals surface area (Å²) in [5.41, 5.74) is 2.51. The molecular weight excluding hydrogens is 473 g/mol. The van der Waals surface area contributed by atoms with E-state index in [9.17, 15) is 22.8 Å². The summed E-state index contributed by atoms with van der Waals surface area (Å²) >= 11 is 0. The first-order valence-electron chi connectivity index (χ1n) is 12.4. The Bertz CT molecular complexity index is 1070. The van der Waals surface area contributed by atoms with Gasteiger partial charge in [0.05, 0.1) is 36.9 Å². The maximum Gasteiger partial charge on any atom is 0.390 e. The van der Waals surface area contributed by atoms with E-state index in [-0.39, 0.29) is 37.0 Å². The normalized spacial score (nSPS) is 19.6. The van der Waals surface area contributed by atoms with Crippen LogP contribution in [-0.4, -0.2) is 71.2 Å². The van der Waals surface area contributed by atoms with Gasteiger partial charge in [-0.3, -0.25) is 14.5 Å². The van der Waals surface area contributed by atoms with Crippen LogP contribution in [0.25, 0.3) is 0 Å². The fourth-order valence-electron chi connectivity index (χ4n) is 5.01. The predicted octanol–water partition coefficient (Wildman–Crippen LogP) is 4.00. The third kappa shape index (κ3) is 5.92. The first kappa shape index (κ1) is 26.2. The smallest absolute Gasteiger partial charge is 0.373 e. The molecule has 0 spiro atoms. The number of nitrogens with one attached hydrogen (secondary N) is 1. The molecule has 2 aliphatic heterocycles. The molecule has 2 unspecified atom stereocenters. The van der Waals surface area contributed by atoms with E-state index < -0.39 is 12.6 Å². The molecule has 1 aromatic heterocycles. The van der Waals surface area contributed by atoms with E-state index in [1.807, 2.05) is 48.7 Å². The number of aromatic nitrogens is 1. The number of fused-ring (bicyclic) bond motifs is 1. The molecule has 0 radical (unpaired) electrons. The first-order valence-corrected chi connectivity index (χ1v) is 12.4. The van der Waals surface area contributed by atoms with Crippen LogP contribution in [0.3, 0.4) is 0 Å². The van der Waals surface area contributed by atoms with Crippen LogP contribution in [0.1, 0.15) is 64.8 Å². The van der Waals surface area contributed by atoms with E-state index in [4.69, 9.17) is 4.74 Å². The molecule has 1 aromatic carbocycles. The molecule has 2 atom stereocenters. The Morgan fingerprint density at radius 1 is 1.17 bits per heavy atom. The van der Waals surface area contributed by atoms with Crippen LogP contribution in [0, 0.1) is 0 Å². The highest BCUT2D eigenvalue weighted by molar-refractivity contribution is 6.01. The average molecular weight is 507 g/mol. The number of carbonyl (C=O) groups excluding carboxylic acids is 2. The van der Waals surface area contributed by atoms with Gasteiger partial charge < -0.3 is 19.5 Å². The van der Waals surface area contributed by atoms with Gasteiger partial charge in [0.15, 0.2) is 0 Å². The van der Waals surface area contributed by atoms with Gasteiger partial charge in [-0.25, -0.2) is 0 Å². The molecule has 7 nitrogen and oxygen atoms in total. The molecule has 2 aromatic rings. The van der Waals surface area contributed by atoms with Crippen molar-refractivity contribution in [1.29, 1.82) is 0 Å². The van der Waals surface area contributed by atoms with Gasteiger partial charge in [-0.15, -0.1) is 0 Å². The van der Waals surface area contributed by atoms with Crippen molar-refractivity contribution in [2.45, 2.75) is 58.1 Å². The van der Waals surface area contributed by atoms with E-state index in [1.54, 1.807) is 15.9 Å². The highest BCUT2D eigenvalue weighted by Crippen LogP contribution is 2.26. The maximum absolute atomic E-state index is 13.6. The van der Waals surface area contributed by atoms with Gasteiger partial charge in [0.2, 0.25) is 0 Å². The van der Waals surface area contributed by atoms with Gasteiger partial charge in [0.1, 0.15) is 5.69 Å². The fourth-order valence-corrected chi connectivity index (χ4v) is 5.01.